The van der Waals surface area contributed by atoms with E-state index in [1.165, 1.54) is 0 Å². The van der Waals surface area contributed by atoms with E-state index >= 15 is 0 Å². The molecule has 1 aliphatic rings. The highest BCUT2D eigenvalue weighted by atomic mass is 79.9. The Morgan fingerprint density at radius 1 is 1.08 bits per heavy atom. The van der Waals surface area contributed by atoms with Crippen molar-refractivity contribution >= 4 is 45.0 Å². The van der Waals surface area contributed by atoms with Crippen molar-refractivity contribution in [2.45, 2.75) is 11.6 Å². The normalized spacial score (nSPS) is 13.5. The first-order valence-corrected chi connectivity index (χ1v) is 9.50. The molecule has 1 aliphatic heterocycles. The quantitative estimate of drug-likeness (QED) is 0.621. The van der Waals surface area contributed by atoms with E-state index in [0.29, 0.717) is 6.42 Å². The summed E-state index contributed by atoms with van der Waals surface area (Å²) < 4.78 is 2.88. The van der Waals surface area contributed by atoms with Crippen molar-refractivity contribution in [3.8, 4) is 0 Å². The molecule has 1 aromatic heterocycles. The molecule has 3 aromatic rings. The Morgan fingerprint density at radius 3 is 2.67 bits per heavy atom. The minimum absolute atomic E-state index is 0.602. The van der Waals surface area contributed by atoms with E-state index in [-0.39, 0.29) is 0 Å². The summed E-state index contributed by atoms with van der Waals surface area (Å²) in [6.45, 7) is 0. The Balaban J connectivity index is 1.69. The Kier molecular flexibility index (Phi) is 4.43. The van der Waals surface area contributed by atoms with Gasteiger partial charge >= 0.3 is 0 Å². The lowest BCUT2D eigenvalue weighted by Gasteiger charge is -2.14. The van der Waals surface area contributed by atoms with Crippen LogP contribution in [0.4, 0.5) is 0 Å². The number of nitrogens with zero attached hydrogens (tertiary/aromatic N) is 4. The highest BCUT2D eigenvalue weighted by molar-refractivity contribution is 9.10. The molecular formula is C17H12BrClN4S. The molecule has 120 valence electrons. The third-order valence-corrected chi connectivity index (χ3v) is 5.55. The van der Waals surface area contributed by atoms with E-state index in [1.807, 2.05) is 41.1 Å². The van der Waals surface area contributed by atoms with Gasteiger partial charge in [-0.25, -0.2) is 0 Å². The molecule has 2 aromatic carbocycles. The second-order valence-corrected chi connectivity index (χ2v) is 7.59. The molecule has 24 heavy (non-hydrogen) atoms. The number of benzene rings is 2. The van der Waals surface area contributed by atoms with Crippen LogP contribution in [-0.2, 0) is 6.42 Å². The Labute approximate surface area is 157 Å². The standard InChI is InChI=1S/C17H12BrClN4S/c18-13-7-5-11(6-8-13)15-10-24-17-21-20-16(23(17)22-15)9-12-3-1-2-4-14(12)19/h1-8H,9-10H2. The predicted molar refractivity (Wildman–Crippen MR) is 101 cm³/mol. The van der Waals surface area contributed by atoms with Gasteiger partial charge < -0.3 is 0 Å². The Hall–Kier alpha value is -1.63. The average Bonchev–Trinajstić information content (AvgIpc) is 3.00. The van der Waals surface area contributed by atoms with Gasteiger partial charge in [-0.3, -0.25) is 0 Å². The third kappa shape index (κ3) is 3.14. The number of hydrogen-bond donors (Lipinski definition) is 0. The maximum atomic E-state index is 6.26. The zero-order chi connectivity index (χ0) is 16.5. The highest BCUT2D eigenvalue weighted by Crippen LogP contribution is 2.26. The van der Waals surface area contributed by atoms with Crippen LogP contribution in [0.25, 0.3) is 0 Å². The van der Waals surface area contributed by atoms with Crippen molar-refractivity contribution in [1.82, 2.24) is 14.9 Å². The first-order valence-electron chi connectivity index (χ1n) is 7.35. The van der Waals surface area contributed by atoms with Crippen LogP contribution in [0, 0.1) is 0 Å². The van der Waals surface area contributed by atoms with Crippen LogP contribution in [0.15, 0.2) is 63.3 Å². The van der Waals surface area contributed by atoms with Crippen LogP contribution in [-0.4, -0.2) is 26.3 Å². The summed E-state index contributed by atoms with van der Waals surface area (Å²) >= 11 is 11.4. The fraction of sp³-hybridized carbons (Fsp3) is 0.118. The summed E-state index contributed by atoms with van der Waals surface area (Å²) in [5.74, 6) is 1.58. The van der Waals surface area contributed by atoms with Crippen molar-refractivity contribution in [2.24, 2.45) is 5.10 Å². The molecule has 0 amide bonds. The zero-order valence-corrected chi connectivity index (χ0v) is 15.6. The monoisotopic (exact) mass is 418 g/mol. The lowest BCUT2D eigenvalue weighted by Crippen LogP contribution is -2.14. The van der Waals surface area contributed by atoms with Crippen LogP contribution in [0.2, 0.25) is 5.02 Å². The summed E-state index contributed by atoms with van der Waals surface area (Å²) in [7, 11) is 0. The van der Waals surface area contributed by atoms with Gasteiger partial charge in [0.2, 0.25) is 5.16 Å². The van der Waals surface area contributed by atoms with E-state index in [9.17, 15) is 0 Å². The number of fused-ring (bicyclic) bond motifs is 1. The first-order chi connectivity index (χ1) is 11.7. The molecule has 0 saturated heterocycles. The molecule has 0 unspecified atom stereocenters. The van der Waals surface area contributed by atoms with Gasteiger partial charge in [0.25, 0.3) is 0 Å². The first kappa shape index (κ1) is 15.9. The minimum Gasteiger partial charge on any atom is -0.191 e. The topological polar surface area (TPSA) is 43.1 Å². The highest BCUT2D eigenvalue weighted by Gasteiger charge is 2.20. The third-order valence-electron chi connectivity index (χ3n) is 3.72. The number of hydrogen-bond acceptors (Lipinski definition) is 4. The maximum Gasteiger partial charge on any atom is 0.212 e. The molecule has 0 saturated carbocycles. The molecular weight excluding hydrogens is 408 g/mol. The van der Waals surface area contributed by atoms with Gasteiger partial charge in [0.05, 0.1) is 5.71 Å². The van der Waals surface area contributed by atoms with Crippen LogP contribution < -0.4 is 0 Å². The van der Waals surface area contributed by atoms with Gasteiger partial charge in [-0.1, -0.05) is 69.6 Å². The molecule has 0 radical (unpaired) electrons. The van der Waals surface area contributed by atoms with E-state index in [1.54, 1.807) is 11.8 Å². The van der Waals surface area contributed by atoms with Gasteiger partial charge in [0, 0.05) is 21.7 Å². The largest absolute Gasteiger partial charge is 0.212 e. The van der Waals surface area contributed by atoms with Gasteiger partial charge in [-0.2, -0.15) is 9.78 Å². The van der Waals surface area contributed by atoms with E-state index in [4.69, 9.17) is 16.7 Å². The summed E-state index contributed by atoms with van der Waals surface area (Å²) in [6, 6.07) is 15.9. The summed E-state index contributed by atoms with van der Waals surface area (Å²) in [5, 5.41) is 14.8. The fourth-order valence-corrected chi connectivity index (χ4v) is 3.80. The Morgan fingerprint density at radius 2 is 1.88 bits per heavy atom. The van der Waals surface area contributed by atoms with Gasteiger partial charge in [0.1, 0.15) is 0 Å². The molecule has 0 fully saturated rings. The molecule has 0 aliphatic carbocycles. The van der Waals surface area contributed by atoms with Crippen LogP contribution in [0.1, 0.15) is 17.0 Å². The van der Waals surface area contributed by atoms with Gasteiger partial charge in [-0.05, 0) is 29.3 Å². The smallest absolute Gasteiger partial charge is 0.191 e. The summed E-state index contributed by atoms with van der Waals surface area (Å²) in [5.41, 5.74) is 3.14. The van der Waals surface area contributed by atoms with Crippen molar-refractivity contribution in [3.63, 3.8) is 0 Å². The number of thioether (sulfide) groups is 1. The number of aromatic nitrogens is 3. The average molecular weight is 420 g/mol. The molecule has 4 rings (SSSR count). The lowest BCUT2D eigenvalue weighted by atomic mass is 10.1. The molecule has 0 bridgehead atoms. The van der Waals surface area contributed by atoms with Crippen molar-refractivity contribution < 1.29 is 0 Å². The lowest BCUT2D eigenvalue weighted by molar-refractivity contribution is 0.720. The van der Waals surface area contributed by atoms with Crippen LogP contribution in [0.3, 0.4) is 0 Å². The second kappa shape index (κ2) is 6.70. The predicted octanol–water partition coefficient (Wildman–Crippen LogP) is 4.64. The molecule has 7 heteroatoms. The molecule has 0 spiro atoms. The number of rotatable bonds is 3. The molecule has 0 atom stereocenters. The van der Waals surface area contributed by atoms with Crippen LogP contribution >= 0.6 is 39.3 Å². The van der Waals surface area contributed by atoms with Crippen molar-refractivity contribution in [2.75, 3.05) is 5.75 Å². The zero-order valence-electron chi connectivity index (χ0n) is 12.5. The van der Waals surface area contributed by atoms with Gasteiger partial charge in [0.15, 0.2) is 5.82 Å². The van der Waals surface area contributed by atoms with Crippen LogP contribution in [0.5, 0.6) is 0 Å². The van der Waals surface area contributed by atoms with E-state index in [0.717, 1.165) is 43.1 Å². The van der Waals surface area contributed by atoms with E-state index < -0.39 is 0 Å². The SMILES string of the molecule is Clc1ccccc1Cc1nnc2n1N=C(c1ccc(Br)cc1)CS2. The minimum atomic E-state index is 0.602. The maximum absolute atomic E-state index is 6.26. The van der Waals surface area contributed by atoms with Crippen molar-refractivity contribution in [1.29, 1.82) is 0 Å². The molecule has 2 heterocycles. The summed E-state index contributed by atoms with van der Waals surface area (Å²) in [6.07, 6.45) is 0.602. The number of halogens is 2. The summed E-state index contributed by atoms with van der Waals surface area (Å²) in [4.78, 5) is 0. The Bertz CT molecular complexity index is 921. The van der Waals surface area contributed by atoms with E-state index in [2.05, 4.69) is 38.3 Å². The second-order valence-electron chi connectivity index (χ2n) is 5.32. The molecule has 0 N–H and O–H groups in total. The van der Waals surface area contributed by atoms with Gasteiger partial charge in [-0.15, -0.1) is 10.2 Å². The van der Waals surface area contributed by atoms with Crippen molar-refractivity contribution in [3.05, 3.63) is 75.0 Å². The molecule has 4 nitrogen and oxygen atoms in total. The fourth-order valence-electron chi connectivity index (χ4n) is 2.47.